The zero-order valence-corrected chi connectivity index (χ0v) is 29.7. The molecule has 45 heavy (non-hydrogen) atoms. The highest BCUT2D eigenvalue weighted by atomic mass is 31.2. The zero-order chi connectivity index (χ0) is 33.3. The summed E-state index contributed by atoms with van der Waals surface area (Å²) in [6.45, 7) is 5.30. The summed E-state index contributed by atoms with van der Waals surface area (Å²) in [6, 6.07) is 0. The predicted molar refractivity (Wildman–Crippen MR) is 184 cm³/mol. The molecule has 0 aromatic heterocycles. The number of ether oxygens (including phenoxy) is 2. The van der Waals surface area contributed by atoms with Gasteiger partial charge in [-0.25, -0.2) is 4.57 Å². The van der Waals surface area contributed by atoms with Gasteiger partial charge in [0.05, 0.1) is 13.2 Å². The fraction of sp³-hybridized carbons (Fsp3) is 0.778. The average Bonchev–Trinajstić information content (AvgIpc) is 3.01. The van der Waals surface area contributed by atoms with Crippen molar-refractivity contribution in [3.63, 3.8) is 0 Å². The Morgan fingerprint density at radius 2 is 1.13 bits per heavy atom. The molecule has 0 heterocycles. The normalized spacial score (nSPS) is 14.0. The molecule has 2 unspecified atom stereocenters. The number of phosphoric ester groups is 1. The summed E-state index contributed by atoms with van der Waals surface area (Å²) in [4.78, 5) is 34.5. The second kappa shape index (κ2) is 32.2. The molecule has 2 atom stereocenters. The van der Waals surface area contributed by atoms with E-state index in [1.54, 1.807) is 6.92 Å². The molecule has 0 bridgehead atoms. The van der Waals surface area contributed by atoms with Gasteiger partial charge >= 0.3 is 19.8 Å². The molecule has 1 N–H and O–H groups in total. The minimum absolute atomic E-state index is 0.00307. The first-order valence-corrected chi connectivity index (χ1v) is 19.3. The molecule has 9 heteroatoms. The zero-order valence-electron chi connectivity index (χ0n) is 28.8. The monoisotopic (exact) mass is 656 g/mol. The number of allylic oxidation sites excluding steroid dienone is 6. The maximum Gasteiger partial charge on any atom is 0.472 e. The third-order valence-corrected chi connectivity index (χ3v) is 8.27. The fourth-order valence-electron chi connectivity index (χ4n) is 4.64. The van der Waals surface area contributed by atoms with E-state index < -0.39 is 26.5 Å². The lowest BCUT2D eigenvalue weighted by molar-refractivity contribution is -0.161. The Kier molecular flexibility index (Phi) is 31.0. The van der Waals surface area contributed by atoms with E-state index >= 15 is 0 Å². The van der Waals surface area contributed by atoms with E-state index in [-0.39, 0.29) is 25.6 Å². The number of carbonyl (C=O) groups is 2. The number of esters is 2. The van der Waals surface area contributed by atoms with Gasteiger partial charge in [-0.05, 0) is 51.9 Å². The van der Waals surface area contributed by atoms with Crippen LogP contribution in [0.4, 0.5) is 0 Å². The fourth-order valence-corrected chi connectivity index (χ4v) is 5.40. The van der Waals surface area contributed by atoms with Crippen LogP contribution in [0, 0.1) is 0 Å². The van der Waals surface area contributed by atoms with Crippen molar-refractivity contribution >= 4 is 19.8 Å². The molecular weight excluding hydrogens is 591 g/mol. The standard InChI is InChI=1S/C36H65O8P/c1-4-7-9-11-13-15-17-18-19-20-21-23-25-27-29-31-36(38)44-34(33-43-45(39,40)42-6-3)32-41-35(37)30-28-26-24-22-16-14-12-10-8-5-2/h7,9,13,15,18-19,34H,4-6,8,10-12,14,16-17,20-33H2,1-3H3,(H,39,40)/b9-7-,15-13-,19-18-. The number of rotatable bonds is 32. The van der Waals surface area contributed by atoms with Crippen molar-refractivity contribution in [2.24, 2.45) is 0 Å². The van der Waals surface area contributed by atoms with Crippen molar-refractivity contribution < 1.29 is 37.6 Å². The molecule has 0 aliphatic heterocycles. The largest absolute Gasteiger partial charge is 0.472 e. The summed E-state index contributed by atoms with van der Waals surface area (Å²) in [7, 11) is -4.27. The lowest BCUT2D eigenvalue weighted by Crippen LogP contribution is -2.29. The molecule has 0 aliphatic rings. The van der Waals surface area contributed by atoms with Crippen LogP contribution in [0.25, 0.3) is 0 Å². The summed E-state index contributed by atoms with van der Waals surface area (Å²) >= 11 is 0. The third kappa shape index (κ3) is 32.0. The third-order valence-electron chi connectivity index (χ3n) is 7.21. The summed E-state index contributed by atoms with van der Waals surface area (Å²) in [5.41, 5.74) is 0. The van der Waals surface area contributed by atoms with Crippen molar-refractivity contribution in [2.75, 3.05) is 19.8 Å². The molecule has 0 spiro atoms. The molecular formula is C36H65O8P. The Morgan fingerprint density at radius 3 is 1.71 bits per heavy atom. The van der Waals surface area contributed by atoms with Crippen molar-refractivity contribution in [1.29, 1.82) is 0 Å². The highest BCUT2D eigenvalue weighted by molar-refractivity contribution is 7.47. The molecule has 0 rings (SSSR count). The van der Waals surface area contributed by atoms with Crippen LogP contribution in [0.2, 0.25) is 0 Å². The lowest BCUT2D eigenvalue weighted by Gasteiger charge is -2.19. The molecule has 0 saturated carbocycles. The van der Waals surface area contributed by atoms with E-state index in [2.05, 4.69) is 50.3 Å². The summed E-state index contributed by atoms with van der Waals surface area (Å²) in [5, 5.41) is 0. The Hall–Kier alpha value is -1.73. The van der Waals surface area contributed by atoms with Crippen molar-refractivity contribution in [3.05, 3.63) is 36.5 Å². The van der Waals surface area contributed by atoms with E-state index in [1.807, 2.05) is 0 Å². The van der Waals surface area contributed by atoms with Gasteiger partial charge in [-0.15, -0.1) is 0 Å². The van der Waals surface area contributed by atoms with Gasteiger partial charge in [0.1, 0.15) is 6.61 Å². The maximum absolute atomic E-state index is 12.5. The van der Waals surface area contributed by atoms with Gasteiger partial charge in [-0.3, -0.25) is 18.6 Å². The van der Waals surface area contributed by atoms with E-state index in [4.69, 9.17) is 18.5 Å². The van der Waals surface area contributed by atoms with Gasteiger partial charge in [0.25, 0.3) is 0 Å². The lowest BCUT2D eigenvalue weighted by atomic mass is 10.1. The first kappa shape index (κ1) is 43.3. The van der Waals surface area contributed by atoms with E-state index in [1.165, 1.54) is 44.9 Å². The SMILES string of the molecule is CC/C=C\C/C=C\C/C=C\CCCCCCCC(=O)OC(COC(=O)CCCCCCCCCCCC)COP(=O)(O)OCC. The highest BCUT2D eigenvalue weighted by Gasteiger charge is 2.25. The molecule has 0 saturated heterocycles. The Morgan fingerprint density at radius 1 is 0.622 bits per heavy atom. The summed E-state index contributed by atoms with van der Waals surface area (Å²) in [6.07, 6.45) is 33.4. The van der Waals surface area contributed by atoms with Crippen LogP contribution in [-0.2, 0) is 32.7 Å². The smallest absolute Gasteiger partial charge is 0.462 e. The second-order valence-electron chi connectivity index (χ2n) is 11.5. The molecule has 0 aliphatic carbocycles. The van der Waals surface area contributed by atoms with E-state index in [0.717, 1.165) is 70.6 Å². The average molecular weight is 657 g/mol. The van der Waals surface area contributed by atoms with Gasteiger partial charge in [-0.1, -0.05) is 127 Å². The van der Waals surface area contributed by atoms with E-state index in [9.17, 15) is 19.0 Å². The molecule has 8 nitrogen and oxygen atoms in total. The van der Waals surface area contributed by atoms with Crippen LogP contribution in [0.1, 0.15) is 156 Å². The van der Waals surface area contributed by atoms with Crippen molar-refractivity contribution in [1.82, 2.24) is 0 Å². The molecule has 262 valence electrons. The van der Waals surface area contributed by atoms with Crippen LogP contribution in [-0.4, -0.2) is 42.8 Å². The van der Waals surface area contributed by atoms with Crippen LogP contribution < -0.4 is 0 Å². The van der Waals surface area contributed by atoms with Crippen molar-refractivity contribution in [3.8, 4) is 0 Å². The van der Waals surface area contributed by atoms with Crippen LogP contribution in [0.3, 0.4) is 0 Å². The quantitative estimate of drug-likeness (QED) is 0.0330. The van der Waals surface area contributed by atoms with Crippen LogP contribution in [0.15, 0.2) is 36.5 Å². The highest BCUT2D eigenvalue weighted by Crippen LogP contribution is 2.43. The van der Waals surface area contributed by atoms with Crippen molar-refractivity contribution in [2.45, 2.75) is 162 Å². The summed E-state index contributed by atoms with van der Waals surface area (Å²) < 4.78 is 32.4. The number of unbranched alkanes of at least 4 members (excludes halogenated alkanes) is 14. The molecule has 0 aromatic rings. The van der Waals surface area contributed by atoms with E-state index in [0.29, 0.717) is 12.8 Å². The number of carbonyl (C=O) groups excluding carboxylic acids is 2. The van der Waals surface area contributed by atoms with Gasteiger partial charge in [0.2, 0.25) is 0 Å². The van der Waals surface area contributed by atoms with Gasteiger partial charge in [-0.2, -0.15) is 0 Å². The number of hydrogen-bond acceptors (Lipinski definition) is 7. The molecule has 0 fully saturated rings. The first-order valence-electron chi connectivity index (χ1n) is 17.8. The Labute approximate surface area is 275 Å². The molecule has 0 amide bonds. The van der Waals surface area contributed by atoms with Crippen LogP contribution in [0.5, 0.6) is 0 Å². The van der Waals surface area contributed by atoms with Crippen LogP contribution >= 0.6 is 7.82 Å². The summed E-state index contributed by atoms with van der Waals surface area (Å²) in [5.74, 6) is -0.821. The van der Waals surface area contributed by atoms with Gasteiger partial charge in [0, 0.05) is 12.8 Å². The Bertz CT molecular complexity index is 839. The topological polar surface area (TPSA) is 108 Å². The van der Waals surface area contributed by atoms with Gasteiger partial charge < -0.3 is 14.4 Å². The number of phosphoric acid groups is 1. The first-order chi connectivity index (χ1) is 21.8. The Balaban J connectivity index is 4.22. The second-order valence-corrected chi connectivity index (χ2v) is 13.0. The molecule has 0 aromatic carbocycles. The minimum atomic E-state index is -4.27. The molecule has 0 radical (unpaired) electrons. The maximum atomic E-state index is 12.5. The van der Waals surface area contributed by atoms with Gasteiger partial charge in [0.15, 0.2) is 6.10 Å². The number of hydrogen-bond donors (Lipinski definition) is 1. The predicted octanol–water partition coefficient (Wildman–Crippen LogP) is 10.5. The minimum Gasteiger partial charge on any atom is -0.462 e.